The highest BCUT2D eigenvalue weighted by molar-refractivity contribution is 5.66. The summed E-state index contributed by atoms with van der Waals surface area (Å²) >= 11 is 0. The Morgan fingerprint density at radius 1 is 1.50 bits per heavy atom. The summed E-state index contributed by atoms with van der Waals surface area (Å²) in [6.45, 7) is 3.68. The molecule has 3 heteroatoms. The maximum Gasteiger partial charge on any atom is 0.124 e. The van der Waals surface area contributed by atoms with Crippen molar-refractivity contribution in [2.24, 2.45) is 0 Å². The third-order valence-electron chi connectivity index (χ3n) is 1.45. The fourth-order valence-electron chi connectivity index (χ4n) is 0.907. The summed E-state index contributed by atoms with van der Waals surface area (Å²) in [7, 11) is 1.49. The zero-order chi connectivity index (χ0) is 8.97. The van der Waals surface area contributed by atoms with Crippen molar-refractivity contribution in [2.75, 3.05) is 7.11 Å². The first kappa shape index (κ1) is 8.62. The van der Waals surface area contributed by atoms with E-state index in [1.54, 1.807) is 18.2 Å². The molecule has 0 saturated carbocycles. The molecular formula is C9H11NO2. The number of hydrogen-bond acceptors (Lipinski definition) is 3. The Bertz CT molecular complexity index is 284. The van der Waals surface area contributed by atoms with Gasteiger partial charge in [0.15, 0.2) is 0 Å². The van der Waals surface area contributed by atoms with Crippen molar-refractivity contribution >= 4 is 5.70 Å². The summed E-state index contributed by atoms with van der Waals surface area (Å²) in [4.78, 5) is 4.65. The molecule has 0 bridgehead atoms. The highest BCUT2D eigenvalue weighted by atomic mass is 16.6. The van der Waals surface area contributed by atoms with Crippen LogP contribution in [0.1, 0.15) is 5.56 Å². The highest BCUT2D eigenvalue weighted by Crippen LogP contribution is 2.20. The number of aromatic hydroxyl groups is 1. The van der Waals surface area contributed by atoms with Crippen LogP contribution in [0.15, 0.2) is 30.8 Å². The molecule has 0 spiro atoms. The van der Waals surface area contributed by atoms with Gasteiger partial charge in [-0.2, -0.15) is 0 Å². The molecule has 64 valence electrons. The van der Waals surface area contributed by atoms with Crippen LogP contribution < -0.4 is 5.48 Å². The quantitative estimate of drug-likeness (QED) is 0.667. The van der Waals surface area contributed by atoms with Gasteiger partial charge >= 0.3 is 0 Å². The second kappa shape index (κ2) is 3.78. The minimum Gasteiger partial charge on any atom is -0.507 e. The van der Waals surface area contributed by atoms with E-state index in [9.17, 15) is 5.11 Å². The van der Waals surface area contributed by atoms with Crippen molar-refractivity contribution in [3.05, 3.63) is 36.4 Å². The van der Waals surface area contributed by atoms with E-state index in [-0.39, 0.29) is 5.75 Å². The van der Waals surface area contributed by atoms with Crippen LogP contribution in [-0.2, 0) is 4.84 Å². The highest BCUT2D eigenvalue weighted by Gasteiger charge is 2.02. The fourth-order valence-corrected chi connectivity index (χ4v) is 0.907. The number of hydrogen-bond donors (Lipinski definition) is 2. The normalized spacial score (nSPS) is 9.42. The molecule has 0 saturated heterocycles. The van der Waals surface area contributed by atoms with Gasteiger partial charge in [-0.3, -0.25) is 10.3 Å². The lowest BCUT2D eigenvalue weighted by molar-refractivity contribution is 0.136. The van der Waals surface area contributed by atoms with Crippen molar-refractivity contribution < 1.29 is 9.94 Å². The summed E-state index contributed by atoms with van der Waals surface area (Å²) < 4.78 is 0. The SMILES string of the molecule is C=C(NOC)c1ccccc1O. The van der Waals surface area contributed by atoms with Crippen molar-refractivity contribution in [3.8, 4) is 5.75 Å². The van der Waals surface area contributed by atoms with E-state index in [0.717, 1.165) is 0 Å². The third-order valence-corrected chi connectivity index (χ3v) is 1.45. The Kier molecular flexibility index (Phi) is 2.71. The van der Waals surface area contributed by atoms with Gasteiger partial charge in [0, 0.05) is 5.56 Å². The van der Waals surface area contributed by atoms with Crippen molar-refractivity contribution in [2.45, 2.75) is 0 Å². The average molecular weight is 165 g/mol. The molecule has 0 amide bonds. The van der Waals surface area contributed by atoms with Crippen LogP contribution in [0.5, 0.6) is 5.75 Å². The topological polar surface area (TPSA) is 41.5 Å². The molecule has 0 unspecified atom stereocenters. The average Bonchev–Trinajstić information content (AvgIpc) is 2.05. The molecule has 0 atom stereocenters. The number of nitrogens with one attached hydrogen (secondary N) is 1. The van der Waals surface area contributed by atoms with Gasteiger partial charge in [0.05, 0.1) is 12.8 Å². The summed E-state index contributed by atoms with van der Waals surface area (Å²) in [6.07, 6.45) is 0. The lowest BCUT2D eigenvalue weighted by Gasteiger charge is -2.07. The van der Waals surface area contributed by atoms with Gasteiger partial charge in [-0.15, -0.1) is 0 Å². The molecule has 0 heterocycles. The maximum atomic E-state index is 9.35. The van der Waals surface area contributed by atoms with Crippen LogP contribution >= 0.6 is 0 Å². The summed E-state index contributed by atoms with van der Waals surface area (Å²) in [5, 5.41) is 9.35. The molecular weight excluding hydrogens is 154 g/mol. The number of rotatable bonds is 3. The zero-order valence-electron chi connectivity index (χ0n) is 6.87. The Labute approximate surface area is 71.2 Å². The summed E-state index contributed by atoms with van der Waals surface area (Å²) in [5.41, 5.74) is 3.72. The number of para-hydroxylation sites is 1. The zero-order valence-corrected chi connectivity index (χ0v) is 6.87. The fraction of sp³-hybridized carbons (Fsp3) is 0.111. The standard InChI is InChI=1S/C9H11NO2/c1-7(10-12-2)8-5-3-4-6-9(8)11/h3-6,10-11H,1H2,2H3. The smallest absolute Gasteiger partial charge is 0.124 e. The van der Waals surface area contributed by atoms with Crippen molar-refractivity contribution in [3.63, 3.8) is 0 Å². The first-order valence-electron chi connectivity index (χ1n) is 3.52. The third kappa shape index (κ3) is 1.77. The van der Waals surface area contributed by atoms with Gasteiger partial charge < -0.3 is 5.11 Å². The van der Waals surface area contributed by atoms with Crippen LogP contribution in [0.2, 0.25) is 0 Å². The summed E-state index contributed by atoms with van der Waals surface area (Å²) in [6, 6.07) is 6.91. The second-order valence-electron chi connectivity index (χ2n) is 2.30. The molecule has 1 aromatic rings. The van der Waals surface area contributed by atoms with Crippen molar-refractivity contribution in [1.29, 1.82) is 0 Å². The number of benzene rings is 1. The Hall–Kier alpha value is -1.48. The van der Waals surface area contributed by atoms with E-state index in [1.807, 2.05) is 6.07 Å². The molecule has 0 aliphatic carbocycles. The molecule has 0 radical (unpaired) electrons. The summed E-state index contributed by atoms with van der Waals surface area (Å²) in [5.74, 6) is 0.187. The minimum atomic E-state index is 0.187. The molecule has 0 fully saturated rings. The van der Waals surface area contributed by atoms with Gasteiger partial charge in [0.2, 0.25) is 0 Å². The molecule has 1 rings (SSSR count). The van der Waals surface area contributed by atoms with Crippen LogP contribution in [-0.4, -0.2) is 12.2 Å². The van der Waals surface area contributed by atoms with Crippen molar-refractivity contribution in [1.82, 2.24) is 5.48 Å². The number of hydroxylamine groups is 1. The van der Waals surface area contributed by atoms with E-state index in [2.05, 4.69) is 16.9 Å². The first-order valence-corrected chi connectivity index (χ1v) is 3.52. The van der Waals surface area contributed by atoms with Gasteiger partial charge in [0.25, 0.3) is 0 Å². The van der Waals surface area contributed by atoms with Gasteiger partial charge in [-0.05, 0) is 12.1 Å². The Balaban J connectivity index is 2.87. The van der Waals surface area contributed by atoms with Crippen LogP contribution in [0.3, 0.4) is 0 Å². The van der Waals surface area contributed by atoms with Gasteiger partial charge in [0.1, 0.15) is 5.75 Å². The van der Waals surface area contributed by atoms with E-state index in [0.29, 0.717) is 11.3 Å². The number of phenolic OH excluding ortho intramolecular Hbond substituents is 1. The van der Waals surface area contributed by atoms with Gasteiger partial charge in [-0.25, -0.2) is 0 Å². The van der Waals surface area contributed by atoms with E-state index < -0.39 is 0 Å². The molecule has 3 nitrogen and oxygen atoms in total. The Morgan fingerprint density at radius 2 is 2.17 bits per heavy atom. The van der Waals surface area contributed by atoms with Gasteiger partial charge in [-0.1, -0.05) is 18.7 Å². The molecule has 0 aromatic heterocycles. The molecule has 12 heavy (non-hydrogen) atoms. The van der Waals surface area contributed by atoms with E-state index in [1.165, 1.54) is 7.11 Å². The second-order valence-corrected chi connectivity index (χ2v) is 2.30. The predicted octanol–water partition coefficient (Wildman–Crippen LogP) is 1.51. The molecule has 0 aliphatic rings. The van der Waals surface area contributed by atoms with Crippen LogP contribution in [0.4, 0.5) is 0 Å². The molecule has 2 N–H and O–H groups in total. The predicted molar refractivity (Wildman–Crippen MR) is 47.3 cm³/mol. The minimum absolute atomic E-state index is 0.187. The largest absolute Gasteiger partial charge is 0.507 e. The van der Waals surface area contributed by atoms with E-state index in [4.69, 9.17) is 0 Å². The molecule has 1 aromatic carbocycles. The van der Waals surface area contributed by atoms with Crippen LogP contribution in [0, 0.1) is 0 Å². The van der Waals surface area contributed by atoms with Crippen LogP contribution in [0.25, 0.3) is 5.70 Å². The maximum absolute atomic E-state index is 9.35. The lowest BCUT2D eigenvalue weighted by atomic mass is 10.1. The Morgan fingerprint density at radius 3 is 2.75 bits per heavy atom. The van der Waals surface area contributed by atoms with E-state index >= 15 is 0 Å². The molecule has 0 aliphatic heterocycles. The lowest BCUT2D eigenvalue weighted by Crippen LogP contribution is -2.08. The number of phenols is 1. The monoisotopic (exact) mass is 165 g/mol. The first-order chi connectivity index (χ1) is 5.75.